The summed E-state index contributed by atoms with van der Waals surface area (Å²) in [7, 11) is 1.97. The van der Waals surface area contributed by atoms with Gasteiger partial charge in [-0.15, -0.1) is 0 Å². The van der Waals surface area contributed by atoms with Gasteiger partial charge in [0, 0.05) is 49.5 Å². The lowest BCUT2D eigenvalue weighted by Gasteiger charge is -2.31. The predicted octanol–water partition coefficient (Wildman–Crippen LogP) is 2.33. The largest absolute Gasteiger partial charge is 0.360 e. The summed E-state index contributed by atoms with van der Waals surface area (Å²) in [5, 5.41) is 0.130. The number of carbonyl (C=O) groups is 2. The van der Waals surface area contributed by atoms with Gasteiger partial charge in [-0.25, -0.2) is 4.39 Å². The molecule has 0 radical (unpaired) electrons. The van der Waals surface area contributed by atoms with Crippen molar-refractivity contribution in [3.8, 4) is 11.3 Å². The van der Waals surface area contributed by atoms with E-state index < -0.39 is 17.5 Å². The summed E-state index contributed by atoms with van der Waals surface area (Å²) >= 11 is 0. The fourth-order valence-electron chi connectivity index (χ4n) is 3.39. The number of carbonyl (C=O) groups excluding carboxylic acids is 2. The number of likely N-dealkylation sites (N-methyl/N-ethyl adjacent to an activating group) is 1. The number of Topliss-reactive ketones (excluding diaryl/α,β-unsaturated/α-hetero) is 1. The molecule has 0 aliphatic carbocycles. The van der Waals surface area contributed by atoms with Crippen LogP contribution in [0.3, 0.4) is 0 Å². The molecule has 138 valence electrons. The maximum absolute atomic E-state index is 14.6. The van der Waals surface area contributed by atoms with Gasteiger partial charge in [-0.05, 0) is 31.3 Å². The lowest BCUT2D eigenvalue weighted by atomic mass is 10.0. The fourth-order valence-corrected chi connectivity index (χ4v) is 3.39. The van der Waals surface area contributed by atoms with E-state index >= 15 is 0 Å². The molecule has 7 heteroatoms. The monoisotopic (exact) mass is 366 g/mol. The molecule has 1 aliphatic heterocycles. The van der Waals surface area contributed by atoms with Crippen molar-refractivity contribution in [2.75, 3.05) is 33.2 Å². The maximum Gasteiger partial charge on any atom is 0.295 e. The van der Waals surface area contributed by atoms with Crippen LogP contribution >= 0.6 is 0 Å². The highest BCUT2D eigenvalue weighted by Gasteiger charge is 2.29. The average molecular weight is 366 g/mol. The van der Waals surface area contributed by atoms with Crippen LogP contribution in [-0.4, -0.2) is 64.7 Å². The first-order valence-electron chi connectivity index (χ1n) is 8.79. The van der Waals surface area contributed by atoms with Gasteiger partial charge in [0.1, 0.15) is 5.82 Å². The van der Waals surface area contributed by atoms with Gasteiger partial charge in [0.2, 0.25) is 0 Å². The summed E-state index contributed by atoms with van der Waals surface area (Å²) in [5.41, 5.74) is 1.86. The number of hydrogen-bond donors (Lipinski definition) is 1. The number of halogens is 1. The third-order valence-corrected chi connectivity index (χ3v) is 4.95. The zero-order valence-electron chi connectivity index (χ0n) is 14.9. The number of rotatable bonds is 3. The van der Waals surface area contributed by atoms with Crippen LogP contribution in [0.25, 0.3) is 22.2 Å². The highest BCUT2D eigenvalue weighted by molar-refractivity contribution is 6.45. The van der Waals surface area contributed by atoms with Gasteiger partial charge in [-0.1, -0.05) is 6.07 Å². The number of fused-ring (bicyclic) bond motifs is 1. The van der Waals surface area contributed by atoms with Crippen molar-refractivity contribution in [2.24, 2.45) is 0 Å². The number of aromatic nitrogens is 2. The minimum Gasteiger partial charge on any atom is -0.360 e. The van der Waals surface area contributed by atoms with Crippen molar-refractivity contribution in [1.29, 1.82) is 0 Å². The molecule has 1 aliphatic rings. The molecular weight excluding hydrogens is 347 g/mol. The lowest BCUT2D eigenvalue weighted by molar-refractivity contribution is -0.127. The van der Waals surface area contributed by atoms with Crippen LogP contribution in [0.15, 0.2) is 42.7 Å². The van der Waals surface area contributed by atoms with E-state index in [4.69, 9.17) is 0 Å². The van der Waals surface area contributed by atoms with Crippen LogP contribution in [0.2, 0.25) is 0 Å². The zero-order chi connectivity index (χ0) is 19.0. The topological polar surface area (TPSA) is 69.3 Å². The summed E-state index contributed by atoms with van der Waals surface area (Å²) in [6.45, 7) is 2.41. The van der Waals surface area contributed by atoms with E-state index in [1.165, 1.54) is 17.2 Å². The van der Waals surface area contributed by atoms with Crippen LogP contribution in [0.5, 0.6) is 0 Å². The number of aromatic amines is 1. The second-order valence-corrected chi connectivity index (χ2v) is 6.69. The Balaban J connectivity index is 1.73. The number of ketones is 1. The molecule has 1 amide bonds. The first-order chi connectivity index (χ1) is 13.1. The number of pyridine rings is 1. The van der Waals surface area contributed by atoms with Crippen molar-refractivity contribution in [2.45, 2.75) is 0 Å². The average Bonchev–Trinajstić information content (AvgIpc) is 3.14. The standard InChI is InChI=1S/C20H19FN4O2/c1-24-8-10-25(11-9-24)20(27)19(26)14-12-23-18-13(5-6-15(21)17(14)18)16-4-2-3-7-22-16/h2-7,12,23H,8-11H2,1H3. The van der Waals surface area contributed by atoms with Crippen molar-refractivity contribution in [3.63, 3.8) is 0 Å². The SMILES string of the molecule is CN1CCN(C(=O)C(=O)c2c[nH]c3c(-c4ccccn4)ccc(F)c23)CC1. The number of nitrogens with one attached hydrogen (secondary N) is 1. The molecule has 3 heterocycles. The Hall–Kier alpha value is -3.06. The molecule has 1 N–H and O–H groups in total. The molecule has 1 aromatic carbocycles. The van der Waals surface area contributed by atoms with E-state index in [1.807, 2.05) is 19.2 Å². The predicted molar refractivity (Wildman–Crippen MR) is 99.9 cm³/mol. The lowest BCUT2D eigenvalue weighted by Crippen LogP contribution is -2.49. The number of nitrogens with zero attached hydrogens (tertiary/aromatic N) is 3. The second-order valence-electron chi connectivity index (χ2n) is 6.69. The maximum atomic E-state index is 14.6. The number of benzene rings is 1. The molecule has 1 saturated heterocycles. The molecule has 0 bridgehead atoms. The van der Waals surface area contributed by atoms with Gasteiger partial charge in [0.15, 0.2) is 0 Å². The molecule has 4 rings (SSSR count). The van der Waals surface area contributed by atoms with Crippen LogP contribution in [0.4, 0.5) is 4.39 Å². The van der Waals surface area contributed by atoms with Gasteiger partial charge in [-0.2, -0.15) is 0 Å². The zero-order valence-corrected chi connectivity index (χ0v) is 14.9. The quantitative estimate of drug-likeness (QED) is 0.571. The smallest absolute Gasteiger partial charge is 0.295 e. The second kappa shape index (κ2) is 6.92. The summed E-state index contributed by atoms with van der Waals surface area (Å²) in [4.78, 5) is 36.3. The van der Waals surface area contributed by atoms with Crippen LogP contribution in [0.1, 0.15) is 10.4 Å². The van der Waals surface area contributed by atoms with Gasteiger partial charge in [-0.3, -0.25) is 14.6 Å². The van der Waals surface area contributed by atoms with E-state index in [0.29, 0.717) is 43.0 Å². The van der Waals surface area contributed by atoms with Crippen molar-refractivity contribution < 1.29 is 14.0 Å². The van der Waals surface area contributed by atoms with Gasteiger partial charge < -0.3 is 14.8 Å². The Morgan fingerprint density at radius 3 is 2.59 bits per heavy atom. The van der Waals surface area contributed by atoms with Gasteiger partial charge >= 0.3 is 0 Å². The van der Waals surface area contributed by atoms with Crippen molar-refractivity contribution in [1.82, 2.24) is 19.8 Å². The fraction of sp³-hybridized carbons (Fsp3) is 0.250. The first-order valence-corrected chi connectivity index (χ1v) is 8.79. The summed E-state index contributed by atoms with van der Waals surface area (Å²) in [5.74, 6) is -1.82. The summed E-state index contributed by atoms with van der Waals surface area (Å²) in [6.07, 6.45) is 3.06. The van der Waals surface area contributed by atoms with Crippen LogP contribution in [-0.2, 0) is 4.79 Å². The number of piperazine rings is 1. The number of amides is 1. The van der Waals surface area contributed by atoms with E-state index in [1.54, 1.807) is 18.3 Å². The number of hydrogen-bond acceptors (Lipinski definition) is 4. The minimum absolute atomic E-state index is 0.0595. The molecular formula is C20H19FN4O2. The molecule has 6 nitrogen and oxygen atoms in total. The Morgan fingerprint density at radius 1 is 1.11 bits per heavy atom. The Bertz CT molecular complexity index is 1010. The molecule has 0 saturated carbocycles. The van der Waals surface area contributed by atoms with Gasteiger partial charge in [0.25, 0.3) is 11.7 Å². The summed E-state index contributed by atoms with van der Waals surface area (Å²) < 4.78 is 14.6. The van der Waals surface area contributed by atoms with Crippen molar-refractivity contribution >= 4 is 22.6 Å². The highest BCUT2D eigenvalue weighted by atomic mass is 19.1. The highest BCUT2D eigenvalue weighted by Crippen LogP contribution is 2.31. The molecule has 0 unspecified atom stereocenters. The third kappa shape index (κ3) is 3.10. The molecule has 27 heavy (non-hydrogen) atoms. The molecule has 0 spiro atoms. The van der Waals surface area contributed by atoms with Crippen LogP contribution < -0.4 is 0 Å². The Morgan fingerprint density at radius 2 is 1.89 bits per heavy atom. The summed E-state index contributed by atoms with van der Waals surface area (Å²) in [6, 6.07) is 8.36. The van der Waals surface area contributed by atoms with Crippen molar-refractivity contribution in [3.05, 3.63) is 54.1 Å². The molecule has 2 aromatic heterocycles. The first kappa shape index (κ1) is 17.4. The van der Waals surface area contributed by atoms with E-state index in [-0.39, 0.29) is 10.9 Å². The molecule has 1 fully saturated rings. The third-order valence-electron chi connectivity index (χ3n) is 4.95. The van der Waals surface area contributed by atoms with Crippen LogP contribution in [0, 0.1) is 5.82 Å². The molecule has 0 atom stereocenters. The number of H-pyrrole nitrogens is 1. The van der Waals surface area contributed by atoms with E-state index in [2.05, 4.69) is 14.9 Å². The molecule has 3 aromatic rings. The normalized spacial score (nSPS) is 15.3. The minimum atomic E-state index is -0.692. The van der Waals surface area contributed by atoms with E-state index in [0.717, 1.165) is 0 Å². The van der Waals surface area contributed by atoms with E-state index in [9.17, 15) is 14.0 Å². The van der Waals surface area contributed by atoms with Gasteiger partial charge in [0.05, 0.1) is 16.8 Å². The Labute approximate surface area is 155 Å². The Kier molecular flexibility index (Phi) is 4.45.